The number of hydrogen-bond acceptors (Lipinski definition) is 5. The molecule has 0 saturated carbocycles. The molecule has 17 heavy (non-hydrogen) atoms. The van der Waals surface area contributed by atoms with Crippen LogP contribution >= 0.6 is 11.3 Å². The fourth-order valence-electron chi connectivity index (χ4n) is 1.53. The Balaban J connectivity index is 2.32. The van der Waals surface area contributed by atoms with E-state index in [0.717, 1.165) is 45.0 Å². The van der Waals surface area contributed by atoms with E-state index in [1.165, 1.54) is 5.01 Å². The average molecular weight is 257 g/mol. The lowest BCUT2D eigenvalue weighted by Crippen LogP contribution is -2.22. The third-order valence-corrected chi connectivity index (χ3v) is 3.52. The van der Waals surface area contributed by atoms with E-state index in [9.17, 15) is 0 Å². The second-order valence-corrected chi connectivity index (χ2v) is 4.81. The zero-order valence-electron chi connectivity index (χ0n) is 11.0. The van der Waals surface area contributed by atoms with Crippen LogP contribution in [-0.4, -0.2) is 43.2 Å². The van der Waals surface area contributed by atoms with Gasteiger partial charge in [0.1, 0.15) is 5.01 Å². The van der Waals surface area contributed by atoms with Gasteiger partial charge in [-0.2, -0.15) is 0 Å². The molecule has 0 bridgehead atoms. The molecule has 0 amide bonds. The summed E-state index contributed by atoms with van der Waals surface area (Å²) in [6.45, 7) is 9.95. The van der Waals surface area contributed by atoms with E-state index >= 15 is 0 Å². The van der Waals surface area contributed by atoms with Crippen LogP contribution in [0.3, 0.4) is 0 Å². The number of nitrogens with one attached hydrogen (secondary N) is 1. The first-order chi connectivity index (χ1) is 8.30. The Morgan fingerprint density at radius 2 is 2.18 bits per heavy atom. The molecule has 0 atom stereocenters. The fourth-order valence-corrected chi connectivity index (χ4v) is 2.37. The summed E-state index contributed by atoms with van der Waals surface area (Å²) < 4.78 is 4.98. The number of rotatable bonds is 9. The molecule has 1 heterocycles. The Kier molecular flexibility index (Phi) is 7.35. The van der Waals surface area contributed by atoms with Crippen LogP contribution in [0.15, 0.2) is 5.38 Å². The topological polar surface area (TPSA) is 37.4 Å². The maximum absolute atomic E-state index is 4.98. The zero-order chi connectivity index (χ0) is 12.5. The van der Waals surface area contributed by atoms with Crippen molar-refractivity contribution in [3.05, 3.63) is 16.1 Å². The highest BCUT2D eigenvalue weighted by molar-refractivity contribution is 7.09. The van der Waals surface area contributed by atoms with Gasteiger partial charge >= 0.3 is 0 Å². The molecule has 0 aromatic carbocycles. The van der Waals surface area contributed by atoms with Gasteiger partial charge in [0.2, 0.25) is 0 Å². The summed E-state index contributed by atoms with van der Waals surface area (Å²) in [6, 6.07) is 0. The first kappa shape index (κ1) is 14.6. The standard InChI is InChI=1S/C12H23N3OS/c1-4-15(5-2)9-12-14-11(10-17-12)8-13-6-7-16-3/h10,13H,4-9H2,1-3H3. The number of aromatic nitrogens is 1. The molecule has 1 rings (SSSR count). The Morgan fingerprint density at radius 1 is 1.41 bits per heavy atom. The second kappa shape index (κ2) is 8.58. The lowest BCUT2D eigenvalue weighted by Gasteiger charge is -2.15. The van der Waals surface area contributed by atoms with Crippen molar-refractivity contribution in [1.82, 2.24) is 15.2 Å². The fraction of sp³-hybridized carbons (Fsp3) is 0.750. The third kappa shape index (κ3) is 5.59. The predicted octanol–water partition coefficient (Wildman–Crippen LogP) is 1.72. The maximum atomic E-state index is 4.98. The van der Waals surface area contributed by atoms with Gasteiger partial charge in [0.25, 0.3) is 0 Å². The molecular formula is C12H23N3OS. The van der Waals surface area contributed by atoms with E-state index in [4.69, 9.17) is 4.74 Å². The molecule has 1 aromatic heterocycles. The molecule has 0 spiro atoms. The summed E-state index contributed by atoms with van der Waals surface area (Å²) in [5.41, 5.74) is 1.13. The lowest BCUT2D eigenvalue weighted by atomic mass is 10.4. The summed E-state index contributed by atoms with van der Waals surface area (Å²) in [5.74, 6) is 0. The monoisotopic (exact) mass is 257 g/mol. The highest BCUT2D eigenvalue weighted by Gasteiger charge is 2.05. The van der Waals surface area contributed by atoms with Crippen molar-refractivity contribution < 1.29 is 4.74 Å². The zero-order valence-corrected chi connectivity index (χ0v) is 11.8. The second-order valence-electron chi connectivity index (χ2n) is 3.86. The van der Waals surface area contributed by atoms with E-state index in [1.807, 2.05) is 0 Å². The normalized spacial score (nSPS) is 11.3. The number of nitrogens with zero attached hydrogens (tertiary/aromatic N) is 2. The highest BCUT2D eigenvalue weighted by atomic mass is 32.1. The summed E-state index contributed by atoms with van der Waals surface area (Å²) in [4.78, 5) is 6.99. The van der Waals surface area contributed by atoms with Gasteiger partial charge in [0.15, 0.2) is 0 Å². The molecule has 0 aliphatic carbocycles. The minimum Gasteiger partial charge on any atom is -0.383 e. The Labute approximate surface area is 108 Å². The van der Waals surface area contributed by atoms with Crippen molar-refractivity contribution in [2.75, 3.05) is 33.4 Å². The summed E-state index contributed by atoms with van der Waals surface area (Å²) >= 11 is 1.75. The van der Waals surface area contributed by atoms with Crippen molar-refractivity contribution in [1.29, 1.82) is 0 Å². The molecule has 0 aliphatic rings. The van der Waals surface area contributed by atoms with Crippen LogP contribution in [0.5, 0.6) is 0 Å². The van der Waals surface area contributed by atoms with E-state index in [-0.39, 0.29) is 0 Å². The van der Waals surface area contributed by atoms with Crippen LogP contribution < -0.4 is 5.32 Å². The first-order valence-electron chi connectivity index (χ1n) is 6.15. The predicted molar refractivity (Wildman–Crippen MR) is 72.3 cm³/mol. The summed E-state index contributed by atoms with van der Waals surface area (Å²) in [6.07, 6.45) is 0. The van der Waals surface area contributed by atoms with Gasteiger partial charge in [-0.3, -0.25) is 4.90 Å². The average Bonchev–Trinajstić information content (AvgIpc) is 2.79. The van der Waals surface area contributed by atoms with E-state index in [1.54, 1.807) is 18.4 Å². The minimum atomic E-state index is 0.746. The van der Waals surface area contributed by atoms with Crippen LogP contribution in [0, 0.1) is 0 Å². The van der Waals surface area contributed by atoms with Gasteiger partial charge in [0.05, 0.1) is 18.8 Å². The van der Waals surface area contributed by atoms with Crippen molar-refractivity contribution in [3.63, 3.8) is 0 Å². The van der Waals surface area contributed by atoms with Gasteiger partial charge in [-0.15, -0.1) is 11.3 Å². The van der Waals surface area contributed by atoms with Crippen LogP contribution in [0.25, 0.3) is 0 Å². The molecule has 1 N–H and O–H groups in total. The van der Waals surface area contributed by atoms with Gasteiger partial charge in [0, 0.05) is 25.6 Å². The van der Waals surface area contributed by atoms with Gasteiger partial charge in [-0.05, 0) is 13.1 Å². The molecule has 5 heteroatoms. The number of thiazole rings is 1. The van der Waals surface area contributed by atoms with E-state index < -0.39 is 0 Å². The Hall–Kier alpha value is -0.490. The van der Waals surface area contributed by atoms with Crippen molar-refractivity contribution >= 4 is 11.3 Å². The molecule has 1 aromatic rings. The SMILES string of the molecule is CCN(CC)Cc1nc(CNCCOC)cs1. The molecule has 4 nitrogen and oxygen atoms in total. The Bertz CT molecular complexity index is 300. The van der Waals surface area contributed by atoms with Gasteiger partial charge in [-0.1, -0.05) is 13.8 Å². The minimum absolute atomic E-state index is 0.746. The smallest absolute Gasteiger partial charge is 0.107 e. The first-order valence-corrected chi connectivity index (χ1v) is 7.03. The van der Waals surface area contributed by atoms with Gasteiger partial charge < -0.3 is 10.1 Å². The maximum Gasteiger partial charge on any atom is 0.107 e. The van der Waals surface area contributed by atoms with Crippen LogP contribution in [-0.2, 0) is 17.8 Å². The highest BCUT2D eigenvalue weighted by Crippen LogP contribution is 2.12. The Morgan fingerprint density at radius 3 is 2.82 bits per heavy atom. The van der Waals surface area contributed by atoms with Gasteiger partial charge in [-0.25, -0.2) is 4.98 Å². The lowest BCUT2D eigenvalue weighted by molar-refractivity contribution is 0.199. The molecule has 0 unspecified atom stereocenters. The molecule has 98 valence electrons. The van der Waals surface area contributed by atoms with E-state index in [2.05, 4.69) is 34.4 Å². The molecule has 0 saturated heterocycles. The van der Waals surface area contributed by atoms with Crippen molar-refractivity contribution in [3.8, 4) is 0 Å². The van der Waals surface area contributed by atoms with Crippen LogP contribution in [0.2, 0.25) is 0 Å². The number of hydrogen-bond donors (Lipinski definition) is 1. The summed E-state index contributed by atoms with van der Waals surface area (Å²) in [7, 11) is 1.71. The van der Waals surface area contributed by atoms with Crippen LogP contribution in [0.1, 0.15) is 24.5 Å². The van der Waals surface area contributed by atoms with Crippen molar-refractivity contribution in [2.24, 2.45) is 0 Å². The third-order valence-electron chi connectivity index (χ3n) is 2.64. The number of methoxy groups -OCH3 is 1. The number of ether oxygens (including phenoxy) is 1. The summed E-state index contributed by atoms with van der Waals surface area (Å²) in [5, 5.41) is 6.65. The van der Waals surface area contributed by atoms with E-state index in [0.29, 0.717) is 0 Å². The van der Waals surface area contributed by atoms with Crippen molar-refractivity contribution in [2.45, 2.75) is 26.9 Å². The molecule has 0 aliphatic heterocycles. The quantitative estimate of drug-likeness (QED) is 0.684. The van der Waals surface area contributed by atoms with Crippen LogP contribution in [0.4, 0.5) is 0 Å². The molecular weight excluding hydrogens is 234 g/mol. The largest absolute Gasteiger partial charge is 0.383 e. The molecule has 0 fully saturated rings. The molecule has 0 radical (unpaired) electrons.